The Morgan fingerprint density at radius 2 is 2.05 bits per heavy atom. The van der Waals surface area contributed by atoms with Crippen LogP contribution in [0.15, 0.2) is 17.0 Å². The topological polar surface area (TPSA) is 49.4 Å². The molecule has 1 N–H and O–H groups in total. The van der Waals surface area contributed by atoms with Gasteiger partial charge >= 0.3 is 0 Å². The molecule has 118 valence electrons. The van der Waals surface area contributed by atoms with E-state index in [4.69, 9.17) is 11.6 Å². The van der Waals surface area contributed by atoms with Gasteiger partial charge in [-0.2, -0.15) is 4.31 Å². The van der Waals surface area contributed by atoms with Gasteiger partial charge in [0.05, 0.1) is 4.90 Å². The first-order valence-corrected chi connectivity index (χ1v) is 9.02. The zero-order valence-corrected chi connectivity index (χ0v) is 14.6. The Morgan fingerprint density at radius 3 is 2.57 bits per heavy atom. The molecule has 1 aromatic carbocycles. The van der Waals surface area contributed by atoms with Gasteiger partial charge < -0.3 is 5.32 Å². The fourth-order valence-corrected chi connectivity index (χ4v) is 4.62. The molecule has 0 amide bonds. The number of nitrogens with zero attached hydrogens (tertiary/aromatic N) is 1. The summed E-state index contributed by atoms with van der Waals surface area (Å²) in [4.78, 5) is 0.315. The molecule has 1 aliphatic rings. The molecule has 1 unspecified atom stereocenters. The van der Waals surface area contributed by atoms with E-state index in [0.29, 0.717) is 22.4 Å². The molecule has 1 aliphatic carbocycles. The molecule has 1 fully saturated rings. The summed E-state index contributed by atoms with van der Waals surface area (Å²) in [5.74, 6) is 0.487. The van der Waals surface area contributed by atoms with Crippen molar-refractivity contribution in [3.63, 3.8) is 0 Å². The van der Waals surface area contributed by atoms with Crippen molar-refractivity contribution in [2.24, 2.45) is 5.92 Å². The van der Waals surface area contributed by atoms with Gasteiger partial charge in [-0.05, 0) is 62.9 Å². The number of sulfonamides is 1. The highest BCUT2D eigenvalue weighted by Gasteiger charge is 2.36. The summed E-state index contributed by atoms with van der Waals surface area (Å²) in [6.07, 6.45) is 2.22. The Labute approximate surface area is 132 Å². The average molecular weight is 331 g/mol. The Bertz CT molecular complexity index is 627. The predicted octanol–water partition coefficient (Wildman–Crippen LogP) is 2.79. The molecule has 2 rings (SSSR count). The van der Waals surface area contributed by atoms with Gasteiger partial charge in [-0.1, -0.05) is 11.6 Å². The minimum atomic E-state index is -3.52. The van der Waals surface area contributed by atoms with E-state index < -0.39 is 10.0 Å². The second-order valence-corrected chi connectivity index (χ2v) is 8.22. The fraction of sp³-hybridized carbons (Fsp3) is 0.600. The van der Waals surface area contributed by atoms with Crippen LogP contribution in [0.1, 0.15) is 30.9 Å². The van der Waals surface area contributed by atoms with Crippen molar-refractivity contribution in [2.75, 3.05) is 14.1 Å². The van der Waals surface area contributed by atoms with Crippen LogP contribution in [0, 0.1) is 12.8 Å². The smallest absolute Gasteiger partial charge is 0.243 e. The molecule has 6 heteroatoms. The lowest BCUT2D eigenvalue weighted by Gasteiger charge is -2.25. The molecule has 1 atom stereocenters. The van der Waals surface area contributed by atoms with Crippen LogP contribution in [0.2, 0.25) is 5.02 Å². The van der Waals surface area contributed by atoms with E-state index in [-0.39, 0.29) is 6.04 Å². The molecule has 0 heterocycles. The molecule has 0 radical (unpaired) electrons. The molecule has 21 heavy (non-hydrogen) atoms. The van der Waals surface area contributed by atoms with Crippen molar-refractivity contribution in [3.8, 4) is 0 Å². The third kappa shape index (κ3) is 3.42. The molecular weight excluding hydrogens is 308 g/mol. The first kappa shape index (κ1) is 16.7. The summed E-state index contributed by atoms with van der Waals surface area (Å²) in [7, 11) is -0.0238. The van der Waals surface area contributed by atoms with Crippen molar-refractivity contribution in [1.82, 2.24) is 9.62 Å². The predicted molar refractivity (Wildman–Crippen MR) is 86.1 cm³/mol. The highest BCUT2D eigenvalue weighted by atomic mass is 35.5. The van der Waals surface area contributed by atoms with Gasteiger partial charge in [0.25, 0.3) is 0 Å². The number of halogens is 1. The summed E-state index contributed by atoms with van der Waals surface area (Å²) in [5.41, 5.74) is 1.68. The van der Waals surface area contributed by atoms with E-state index in [1.807, 2.05) is 27.0 Å². The number of nitrogens with one attached hydrogen (secondary N) is 1. The molecule has 0 aromatic heterocycles. The van der Waals surface area contributed by atoms with Crippen LogP contribution in [0.25, 0.3) is 0 Å². The highest BCUT2D eigenvalue weighted by Crippen LogP contribution is 2.37. The maximum absolute atomic E-state index is 12.9. The lowest BCUT2D eigenvalue weighted by molar-refractivity contribution is 0.357. The molecule has 4 nitrogen and oxygen atoms in total. The summed E-state index contributed by atoms with van der Waals surface area (Å²) in [5, 5.41) is 3.50. The summed E-state index contributed by atoms with van der Waals surface area (Å²) in [6, 6.07) is 3.40. The van der Waals surface area contributed by atoms with Crippen LogP contribution in [-0.4, -0.2) is 32.9 Å². The third-order valence-corrected chi connectivity index (χ3v) is 6.62. The summed E-state index contributed by atoms with van der Waals surface area (Å²) < 4.78 is 27.3. The van der Waals surface area contributed by atoms with Crippen molar-refractivity contribution >= 4 is 21.6 Å². The maximum Gasteiger partial charge on any atom is 0.243 e. The zero-order chi connectivity index (χ0) is 15.8. The lowest BCUT2D eigenvalue weighted by atomic mass is 10.1. The Kier molecular flexibility index (Phi) is 4.98. The minimum absolute atomic E-state index is 0.0288. The Balaban J connectivity index is 2.43. The van der Waals surface area contributed by atoms with Gasteiger partial charge in [0, 0.05) is 24.7 Å². The number of hydrogen-bond donors (Lipinski definition) is 1. The van der Waals surface area contributed by atoms with Crippen LogP contribution >= 0.6 is 11.6 Å². The Morgan fingerprint density at radius 1 is 1.43 bits per heavy atom. The number of hydrogen-bond acceptors (Lipinski definition) is 3. The molecular formula is C15H23ClN2O2S. The van der Waals surface area contributed by atoms with E-state index in [9.17, 15) is 8.42 Å². The Hall–Kier alpha value is -0.620. The molecule has 0 aliphatic heterocycles. The SMILES string of the molecule is CNCc1cc(Cl)cc(S(=O)(=O)N(C)C(C)C2CC2)c1C. The quantitative estimate of drug-likeness (QED) is 0.872. The van der Waals surface area contributed by atoms with Crippen LogP contribution in [0.3, 0.4) is 0 Å². The van der Waals surface area contributed by atoms with Crippen molar-refractivity contribution < 1.29 is 8.42 Å². The van der Waals surface area contributed by atoms with E-state index >= 15 is 0 Å². The van der Waals surface area contributed by atoms with Gasteiger partial charge in [-0.25, -0.2) is 8.42 Å². The van der Waals surface area contributed by atoms with Gasteiger partial charge in [-0.3, -0.25) is 0 Å². The monoisotopic (exact) mass is 330 g/mol. The van der Waals surface area contributed by atoms with Gasteiger partial charge in [0.2, 0.25) is 10.0 Å². The van der Waals surface area contributed by atoms with Crippen molar-refractivity contribution in [3.05, 3.63) is 28.3 Å². The van der Waals surface area contributed by atoms with E-state index in [2.05, 4.69) is 5.32 Å². The number of benzene rings is 1. The molecule has 0 saturated heterocycles. The van der Waals surface area contributed by atoms with E-state index in [1.54, 1.807) is 13.1 Å². The summed E-state index contributed by atoms with van der Waals surface area (Å²) >= 11 is 6.11. The molecule has 0 spiro atoms. The molecule has 0 bridgehead atoms. The van der Waals surface area contributed by atoms with Crippen LogP contribution in [-0.2, 0) is 16.6 Å². The van der Waals surface area contributed by atoms with Gasteiger partial charge in [0.15, 0.2) is 0 Å². The van der Waals surface area contributed by atoms with Crippen LogP contribution < -0.4 is 5.32 Å². The first-order valence-electron chi connectivity index (χ1n) is 7.20. The van der Waals surface area contributed by atoms with Crippen LogP contribution in [0.5, 0.6) is 0 Å². The fourth-order valence-electron chi connectivity index (χ4n) is 2.60. The minimum Gasteiger partial charge on any atom is -0.316 e. The maximum atomic E-state index is 12.9. The molecule has 1 saturated carbocycles. The first-order chi connectivity index (χ1) is 9.78. The standard InChI is InChI=1S/C15H23ClN2O2S/c1-10-13(9-17-3)7-14(16)8-15(10)21(19,20)18(4)11(2)12-5-6-12/h7-8,11-12,17H,5-6,9H2,1-4H3. The molecule has 1 aromatic rings. The van der Waals surface area contributed by atoms with Crippen molar-refractivity contribution in [2.45, 2.75) is 44.2 Å². The van der Waals surface area contributed by atoms with Gasteiger partial charge in [0.1, 0.15) is 0 Å². The van der Waals surface area contributed by atoms with E-state index in [0.717, 1.165) is 24.0 Å². The second kappa shape index (κ2) is 6.24. The normalized spacial score (nSPS) is 17.2. The van der Waals surface area contributed by atoms with E-state index in [1.165, 1.54) is 4.31 Å². The van der Waals surface area contributed by atoms with Gasteiger partial charge in [-0.15, -0.1) is 0 Å². The lowest BCUT2D eigenvalue weighted by Crippen LogP contribution is -2.36. The van der Waals surface area contributed by atoms with Crippen LogP contribution in [0.4, 0.5) is 0 Å². The number of rotatable bonds is 6. The third-order valence-electron chi connectivity index (χ3n) is 4.33. The largest absolute Gasteiger partial charge is 0.316 e. The van der Waals surface area contributed by atoms with Crippen molar-refractivity contribution in [1.29, 1.82) is 0 Å². The highest BCUT2D eigenvalue weighted by molar-refractivity contribution is 7.89. The zero-order valence-electron chi connectivity index (χ0n) is 13.0. The summed E-state index contributed by atoms with van der Waals surface area (Å²) in [6.45, 7) is 4.41. The second-order valence-electron chi connectivity index (χ2n) is 5.82. The average Bonchev–Trinajstić information content (AvgIpc) is 3.25.